The Labute approximate surface area is 133 Å². The third-order valence-corrected chi connectivity index (χ3v) is 5.17. The molecule has 0 N–H and O–H groups in total. The number of hydrogen-bond acceptors (Lipinski definition) is 3. The van der Waals surface area contributed by atoms with Gasteiger partial charge in [0, 0.05) is 12.5 Å². The fourth-order valence-corrected chi connectivity index (χ4v) is 4.13. The highest BCUT2D eigenvalue weighted by Crippen LogP contribution is 2.38. The number of carbonyl (C=O) groups is 1. The normalized spacial score (nSPS) is 19.7. The molecule has 1 aliphatic heterocycles. The van der Waals surface area contributed by atoms with Crippen LogP contribution in [0.3, 0.4) is 0 Å². The van der Waals surface area contributed by atoms with Gasteiger partial charge in [-0.15, -0.1) is 0 Å². The van der Waals surface area contributed by atoms with Crippen molar-refractivity contribution in [3.8, 4) is 5.75 Å². The molecule has 0 aromatic heterocycles. The number of likely N-dealkylation sites (tertiary alicyclic amines) is 1. The van der Waals surface area contributed by atoms with Crippen molar-refractivity contribution in [2.24, 2.45) is 0 Å². The summed E-state index contributed by atoms with van der Waals surface area (Å²) in [7, 11) is 1.76. The lowest BCUT2D eigenvalue weighted by Gasteiger charge is -2.31. The molecule has 1 aromatic rings. The standard InChI is InChI=1S/C19H27NO2/c1-14(21)13-18(20-11-5-6-12-20)16-9-10-19(22-2)17-8-4-3-7-15(16)17/h9-10,18H,3-8,11-13H2,1-2H3. The Balaban J connectivity index is 2.01. The Bertz CT molecular complexity index is 547. The van der Waals surface area contributed by atoms with Crippen molar-refractivity contribution in [1.82, 2.24) is 4.90 Å². The van der Waals surface area contributed by atoms with Crippen LogP contribution in [0.5, 0.6) is 5.75 Å². The number of nitrogens with zero attached hydrogens (tertiary/aromatic N) is 1. The number of Topliss-reactive ketones (excluding diaryl/α,β-unsaturated/α-hetero) is 1. The molecule has 0 amide bonds. The second kappa shape index (κ2) is 6.82. The lowest BCUT2D eigenvalue weighted by molar-refractivity contribution is -0.118. The van der Waals surface area contributed by atoms with Gasteiger partial charge in [-0.05, 0) is 81.3 Å². The Morgan fingerprint density at radius 2 is 1.82 bits per heavy atom. The average molecular weight is 301 g/mol. The van der Waals surface area contributed by atoms with Crippen LogP contribution >= 0.6 is 0 Å². The molecule has 0 saturated carbocycles. The summed E-state index contributed by atoms with van der Waals surface area (Å²) < 4.78 is 5.57. The Morgan fingerprint density at radius 3 is 2.45 bits per heavy atom. The molecule has 1 fully saturated rings. The molecule has 22 heavy (non-hydrogen) atoms. The second-order valence-corrected chi connectivity index (χ2v) is 6.69. The highest BCUT2D eigenvalue weighted by atomic mass is 16.5. The van der Waals surface area contributed by atoms with E-state index in [0.717, 1.165) is 31.7 Å². The molecular formula is C19H27NO2. The van der Waals surface area contributed by atoms with E-state index in [-0.39, 0.29) is 11.8 Å². The molecule has 1 unspecified atom stereocenters. The summed E-state index contributed by atoms with van der Waals surface area (Å²) in [5.74, 6) is 1.32. The quantitative estimate of drug-likeness (QED) is 0.830. The molecule has 1 heterocycles. The predicted molar refractivity (Wildman–Crippen MR) is 88.5 cm³/mol. The van der Waals surface area contributed by atoms with Crippen LogP contribution in [0, 0.1) is 0 Å². The maximum absolute atomic E-state index is 11.8. The number of methoxy groups -OCH3 is 1. The van der Waals surface area contributed by atoms with E-state index in [9.17, 15) is 4.79 Å². The highest BCUT2D eigenvalue weighted by Gasteiger charge is 2.29. The van der Waals surface area contributed by atoms with Crippen LogP contribution in [0.1, 0.15) is 61.8 Å². The SMILES string of the molecule is COc1ccc(C(CC(C)=O)N2CCCC2)c2c1CCCC2. The Morgan fingerprint density at radius 1 is 1.14 bits per heavy atom. The number of hydrogen-bond donors (Lipinski definition) is 0. The van der Waals surface area contributed by atoms with Gasteiger partial charge >= 0.3 is 0 Å². The monoisotopic (exact) mass is 301 g/mol. The summed E-state index contributed by atoms with van der Waals surface area (Å²) in [6.45, 7) is 3.97. The molecule has 0 radical (unpaired) electrons. The summed E-state index contributed by atoms with van der Waals surface area (Å²) in [4.78, 5) is 14.3. The third-order valence-electron chi connectivity index (χ3n) is 5.17. The lowest BCUT2D eigenvalue weighted by Crippen LogP contribution is -2.28. The largest absolute Gasteiger partial charge is 0.496 e. The van der Waals surface area contributed by atoms with Crippen molar-refractivity contribution >= 4 is 5.78 Å². The molecule has 0 bridgehead atoms. The van der Waals surface area contributed by atoms with Crippen LogP contribution in [0.25, 0.3) is 0 Å². The van der Waals surface area contributed by atoms with Gasteiger partial charge in [-0.3, -0.25) is 9.69 Å². The number of fused-ring (bicyclic) bond motifs is 1. The molecule has 0 spiro atoms. The van der Waals surface area contributed by atoms with Crippen LogP contribution in [0.4, 0.5) is 0 Å². The van der Waals surface area contributed by atoms with E-state index in [1.54, 1.807) is 14.0 Å². The number of benzene rings is 1. The summed E-state index contributed by atoms with van der Waals surface area (Å²) in [6.07, 6.45) is 7.88. The van der Waals surface area contributed by atoms with Gasteiger partial charge in [-0.2, -0.15) is 0 Å². The second-order valence-electron chi connectivity index (χ2n) is 6.69. The van der Waals surface area contributed by atoms with Crippen molar-refractivity contribution in [2.45, 2.75) is 57.9 Å². The molecule has 1 aromatic carbocycles. The maximum Gasteiger partial charge on any atom is 0.131 e. The smallest absolute Gasteiger partial charge is 0.131 e. The van der Waals surface area contributed by atoms with E-state index >= 15 is 0 Å². The van der Waals surface area contributed by atoms with Gasteiger partial charge in [0.2, 0.25) is 0 Å². The molecule has 1 atom stereocenters. The van der Waals surface area contributed by atoms with E-state index in [0.29, 0.717) is 6.42 Å². The first-order valence-electron chi connectivity index (χ1n) is 8.63. The Hall–Kier alpha value is -1.35. The lowest BCUT2D eigenvalue weighted by atomic mass is 9.84. The van der Waals surface area contributed by atoms with Gasteiger partial charge in [0.15, 0.2) is 0 Å². The van der Waals surface area contributed by atoms with Crippen molar-refractivity contribution in [1.29, 1.82) is 0 Å². The first-order chi connectivity index (χ1) is 10.7. The van der Waals surface area contributed by atoms with E-state index < -0.39 is 0 Å². The zero-order valence-corrected chi connectivity index (χ0v) is 13.9. The van der Waals surface area contributed by atoms with Gasteiger partial charge in [0.05, 0.1) is 7.11 Å². The molecule has 3 nitrogen and oxygen atoms in total. The molecular weight excluding hydrogens is 274 g/mol. The minimum absolute atomic E-state index is 0.262. The van der Waals surface area contributed by atoms with Crippen LogP contribution in [0.2, 0.25) is 0 Å². The number of carbonyl (C=O) groups excluding carboxylic acids is 1. The summed E-state index contributed by atoms with van der Waals surface area (Å²) in [5, 5.41) is 0. The van der Waals surface area contributed by atoms with Gasteiger partial charge in [-0.1, -0.05) is 6.07 Å². The minimum atomic E-state index is 0.262. The first kappa shape index (κ1) is 15.5. The van der Waals surface area contributed by atoms with Crippen molar-refractivity contribution < 1.29 is 9.53 Å². The molecule has 2 aliphatic rings. The van der Waals surface area contributed by atoms with Crippen molar-refractivity contribution in [3.05, 3.63) is 28.8 Å². The van der Waals surface area contributed by atoms with Crippen LogP contribution in [-0.4, -0.2) is 30.9 Å². The number of ether oxygens (including phenoxy) is 1. The third kappa shape index (κ3) is 3.05. The van der Waals surface area contributed by atoms with E-state index in [1.807, 2.05) is 0 Å². The molecule has 3 rings (SSSR count). The average Bonchev–Trinajstić information content (AvgIpc) is 3.06. The topological polar surface area (TPSA) is 29.5 Å². The Kier molecular flexibility index (Phi) is 4.82. The van der Waals surface area contributed by atoms with Gasteiger partial charge in [0.25, 0.3) is 0 Å². The van der Waals surface area contributed by atoms with Crippen LogP contribution in [-0.2, 0) is 17.6 Å². The van der Waals surface area contributed by atoms with Crippen LogP contribution in [0.15, 0.2) is 12.1 Å². The maximum atomic E-state index is 11.8. The van der Waals surface area contributed by atoms with Crippen molar-refractivity contribution in [3.63, 3.8) is 0 Å². The molecule has 1 saturated heterocycles. The molecule has 120 valence electrons. The van der Waals surface area contributed by atoms with Crippen LogP contribution < -0.4 is 4.74 Å². The summed E-state index contributed by atoms with van der Waals surface area (Å²) in [5.41, 5.74) is 4.23. The van der Waals surface area contributed by atoms with Gasteiger partial charge in [0.1, 0.15) is 11.5 Å². The zero-order chi connectivity index (χ0) is 15.5. The zero-order valence-electron chi connectivity index (χ0n) is 13.9. The number of rotatable bonds is 5. The first-order valence-corrected chi connectivity index (χ1v) is 8.63. The van der Waals surface area contributed by atoms with Gasteiger partial charge < -0.3 is 4.74 Å². The molecule has 1 aliphatic carbocycles. The summed E-state index contributed by atoms with van der Waals surface area (Å²) >= 11 is 0. The van der Waals surface area contributed by atoms with E-state index in [4.69, 9.17) is 4.74 Å². The highest BCUT2D eigenvalue weighted by molar-refractivity contribution is 5.76. The fourth-order valence-electron chi connectivity index (χ4n) is 4.13. The van der Waals surface area contributed by atoms with E-state index in [1.165, 1.54) is 42.4 Å². The summed E-state index contributed by atoms with van der Waals surface area (Å²) in [6, 6.07) is 4.59. The molecule has 3 heteroatoms. The van der Waals surface area contributed by atoms with E-state index in [2.05, 4.69) is 17.0 Å². The fraction of sp³-hybridized carbons (Fsp3) is 0.632. The van der Waals surface area contributed by atoms with Gasteiger partial charge in [-0.25, -0.2) is 0 Å². The van der Waals surface area contributed by atoms with Crippen molar-refractivity contribution in [2.75, 3.05) is 20.2 Å². The number of ketones is 1. The predicted octanol–water partition coefficient (Wildman–Crippen LogP) is 3.69. The minimum Gasteiger partial charge on any atom is -0.496 e.